The molecule has 148 valence electrons. The largest absolute Gasteiger partial charge is 0.493 e. The van der Waals surface area contributed by atoms with Crippen LogP contribution >= 0.6 is 0 Å². The number of benzene rings is 2. The average molecular weight is 382 g/mol. The summed E-state index contributed by atoms with van der Waals surface area (Å²) < 4.78 is 10.5. The fraction of sp³-hybridized carbons (Fsp3) is 0.364. The van der Waals surface area contributed by atoms with E-state index in [2.05, 4.69) is 10.6 Å². The van der Waals surface area contributed by atoms with Gasteiger partial charge in [0.1, 0.15) is 0 Å². The molecule has 0 bridgehead atoms. The molecule has 1 fully saturated rings. The van der Waals surface area contributed by atoms with Crippen LogP contribution in [0, 0.1) is 6.92 Å². The number of rotatable bonds is 8. The highest BCUT2D eigenvalue weighted by Gasteiger charge is 2.24. The lowest BCUT2D eigenvalue weighted by Crippen LogP contribution is -2.25. The number of amides is 2. The maximum atomic E-state index is 12.4. The molecule has 0 unspecified atom stereocenters. The van der Waals surface area contributed by atoms with Crippen molar-refractivity contribution in [2.75, 3.05) is 19.5 Å². The van der Waals surface area contributed by atoms with E-state index in [-0.39, 0.29) is 11.8 Å². The van der Waals surface area contributed by atoms with Gasteiger partial charge < -0.3 is 20.1 Å². The molecule has 0 atom stereocenters. The van der Waals surface area contributed by atoms with E-state index in [0.29, 0.717) is 41.6 Å². The van der Waals surface area contributed by atoms with Crippen LogP contribution in [-0.4, -0.2) is 32.1 Å². The molecule has 1 saturated carbocycles. The van der Waals surface area contributed by atoms with Crippen molar-refractivity contribution in [3.05, 3.63) is 53.1 Å². The van der Waals surface area contributed by atoms with Crippen LogP contribution in [0.15, 0.2) is 36.4 Å². The summed E-state index contributed by atoms with van der Waals surface area (Å²) in [6.45, 7) is 1.91. The molecular weight excluding hydrogens is 356 g/mol. The van der Waals surface area contributed by atoms with Gasteiger partial charge in [-0.15, -0.1) is 0 Å². The molecule has 2 aromatic rings. The highest BCUT2D eigenvalue weighted by Crippen LogP contribution is 2.28. The quantitative estimate of drug-likeness (QED) is 0.733. The van der Waals surface area contributed by atoms with Crippen LogP contribution in [0.25, 0.3) is 0 Å². The van der Waals surface area contributed by atoms with Gasteiger partial charge >= 0.3 is 0 Å². The Labute approximate surface area is 165 Å². The van der Waals surface area contributed by atoms with Gasteiger partial charge in [0.05, 0.1) is 14.2 Å². The van der Waals surface area contributed by atoms with Crippen LogP contribution in [0.2, 0.25) is 0 Å². The van der Waals surface area contributed by atoms with Crippen LogP contribution in [0.1, 0.15) is 40.7 Å². The molecule has 0 heterocycles. The first kappa shape index (κ1) is 19.7. The van der Waals surface area contributed by atoms with Gasteiger partial charge in [-0.2, -0.15) is 0 Å². The summed E-state index contributed by atoms with van der Waals surface area (Å²) in [6.07, 6.45) is 2.98. The molecule has 2 amide bonds. The van der Waals surface area contributed by atoms with Crippen molar-refractivity contribution in [3.8, 4) is 11.5 Å². The smallest absolute Gasteiger partial charge is 0.251 e. The predicted octanol–water partition coefficient (Wildman–Crippen LogP) is 3.48. The Balaban J connectivity index is 1.60. The topological polar surface area (TPSA) is 76.7 Å². The second-order valence-electron chi connectivity index (χ2n) is 7.01. The van der Waals surface area contributed by atoms with Crippen LogP contribution in [0.5, 0.6) is 11.5 Å². The lowest BCUT2D eigenvalue weighted by molar-refractivity contribution is -0.116. The van der Waals surface area contributed by atoms with Crippen LogP contribution in [-0.2, 0) is 11.2 Å². The summed E-state index contributed by atoms with van der Waals surface area (Å²) in [5.41, 5.74) is 3.14. The summed E-state index contributed by atoms with van der Waals surface area (Å²) in [4.78, 5) is 24.6. The molecule has 28 heavy (non-hydrogen) atoms. The Kier molecular flexibility index (Phi) is 6.19. The van der Waals surface area contributed by atoms with Crippen molar-refractivity contribution in [2.45, 2.75) is 38.6 Å². The van der Waals surface area contributed by atoms with E-state index in [9.17, 15) is 9.59 Å². The average Bonchev–Trinajstić information content (AvgIpc) is 3.51. The molecule has 0 aliphatic heterocycles. The minimum atomic E-state index is -0.0994. The number of carbonyl (C=O) groups is 2. The monoisotopic (exact) mass is 382 g/mol. The van der Waals surface area contributed by atoms with Crippen LogP contribution in [0.4, 0.5) is 5.69 Å². The van der Waals surface area contributed by atoms with E-state index >= 15 is 0 Å². The molecule has 0 aromatic heterocycles. The zero-order valence-corrected chi connectivity index (χ0v) is 16.5. The molecule has 3 rings (SSSR count). The normalized spacial score (nSPS) is 13.0. The molecule has 2 aromatic carbocycles. The molecule has 6 nitrogen and oxygen atoms in total. The van der Waals surface area contributed by atoms with Gasteiger partial charge in [0.25, 0.3) is 5.91 Å². The van der Waals surface area contributed by atoms with Gasteiger partial charge in [-0.25, -0.2) is 0 Å². The molecule has 2 N–H and O–H groups in total. The second-order valence-corrected chi connectivity index (χ2v) is 7.01. The highest BCUT2D eigenvalue weighted by molar-refractivity contribution is 5.98. The first-order chi connectivity index (χ1) is 13.5. The Morgan fingerprint density at radius 3 is 2.46 bits per heavy atom. The van der Waals surface area contributed by atoms with Crippen molar-refractivity contribution < 1.29 is 19.1 Å². The summed E-state index contributed by atoms with van der Waals surface area (Å²) in [5.74, 6) is 1.11. The lowest BCUT2D eigenvalue weighted by atomic mass is 10.1. The van der Waals surface area contributed by atoms with E-state index in [0.717, 1.165) is 24.0 Å². The highest BCUT2D eigenvalue weighted by atomic mass is 16.5. The van der Waals surface area contributed by atoms with Gasteiger partial charge in [0.2, 0.25) is 5.91 Å². The Morgan fingerprint density at radius 2 is 1.79 bits per heavy atom. The summed E-state index contributed by atoms with van der Waals surface area (Å²) in [7, 11) is 3.18. The standard InChI is InChI=1S/C22H26N2O4/c1-14-4-7-16(22(26)23-17-8-9-17)13-18(14)24-21(25)11-6-15-5-10-19(27-2)20(12-15)28-3/h4-5,7,10,12-13,17H,6,8-9,11H2,1-3H3,(H,23,26)(H,24,25). The molecule has 1 aliphatic carbocycles. The minimum absolute atomic E-state index is 0.0941. The summed E-state index contributed by atoms with van der Waals surface area (Å²) in [6, 6.07) is 11.3. The van der Waals surface area contributed by atoms with Crippen molar-refractivity contribution in [1.82, 2.24) is 5.32 Å². The predicted molar refractivity (Wildman–Crippen MR) is 108 cm³/mol. The second kappa shape index (κ2) is 8.78. The zero-order chi connectivity index (χ0) is 20.1. The molecule has 6 heteroatoms. The number of anilines is 1. The van der Waals surface area contributed by atoms with Gasteiger partial charge in [0, 0.05) is 23.7 Å². The number of hydrogen-bond acceptors (Lipinski definition) is 4. The van der Waals surface area contributed by atoms with Gasteiger partial charge in [-0.1, -0.05) is 12.1 Å². The third-order valence-electron chi connectivity index (χ3n) is 4.78. The number of aryl methyl sites for hydroxylation is 2. The number of nitrogens with one attached hydrogen (secondary N) is 2. The van der Waals surface area contributed by atoms with Crippen LogP contribution < -0.4 is 20.1 Å². The molecular formula is C22H26N2O4. The van der Waals surface area contributed by atoms with Crippen molar-refractivity contribution in [2.24, 2.45) is 0 Å². The minimum Gasteiger partial charge on any atom is -0.493 e. The maximum absolute atomic E-state index is 12.4. The maximum Gasteiger partial charge on any atom is 0.251 e. The zero-order valence-electron chi connectivity index (χ0n) is 16.5. The fourth-order valence-corrected chi connectivity index (χ4v) is 2.90. The molecule has 0 spiro atoms. The molecule has 1 aliphatic rings. The van der Waals surface area contributed by atoms with E-state index in [4.69, 9.17) is 9.47 Å². The third kappa shape index (κ3) is 5.03. The molecule has 0 radical (unpaired) electrons. The van der Waals surface area contributed by atoms with Gasteiger partial charge in [0.15, 0.2) is 11.5 Å². The van der Waals surface area contributed by atoms with E-state index in [1.165, 1.54) is 0 Å². The molecule has 0 saturated heterocycles. The Bertz CT molecular complexity index is 875. The van der Waals surface area contributed by atoms with E-state index in [1.807, 2.05) is 31.2 Å². The summed E-state index contributed by atoms with van der Waals surface area (Å²) >= 11 is 0. The number of methoxy groups -OCH3 is 2. The van der Waals surface area contributed by atoms with Gasteiger partial charge in [-0.05, 0) is 61.6 Å². The number of hydrogen-bond donors (Lipinski definition) is 2. The first-order valence-electron chi connectivity index (χ1n) is 9.42. The van der Waals surface area contributed by atoms with E-state index in [1.54, 1.807) is 26.4 Å². The summed E-state index contributed by atoms with van der Waals surface area (Å²) in [5, 5.41) is 5.88. The van der Waals surface area contributed by atoms with Crippen molar-refractivity contribution in [1.29, 1.82) is 0 Å². The fourth-order valence-electron chi connectivity index (χ4n) is 2.90. The van der Waals surface area contributed by atoms with Crippen molar-refractivity contribution >= 4 is 17.5 Å². The Morgan fingerprint density at radius 1 is 1.04 bits per heavy atom. The lowest BCUT2D eigenvalue weighted by Gasteiger charge is -2.12. The first-order valence-corrected chi connectivity index (χ1v) is 9.42. The number of ether oxygens (including phenoxy) is 2. The van der Waals surface area contributed by atoms with Gasteiger partial charge in [-0.3, -0.25) is 9.59 Å². The van der Waals surface area contributed by atoms with E-state index < -0.39 is 0 Å². The van der Waals surface area contributed by atoms with Crippen LogP contribution in [0.3, 0.4) is 0 Å². The Hall–Kier alpha value is -3.02. The van der Waals surface area contributed by atoms with Crippen molar-refractivity contribution in [3.63, 3.8) is 0 Å². The SMILES string of the molecule is COc1ccc(CCC(=O)Nc2cc(C(=O)NC3CC3)ccc2C)cc1OC. The number of carbonyl (C=O) groups excluding carboxylic acids is 2. The third-order valence-corrected chi connectivity index (χ3v) is 4.78.